The lowest BCUT2D eigenvalue weighted by Gasteiger charge is -2.21. The molecule has 5 nitrogen and oxygen atoms in total. The van der Waals surface area contributed by atoms with Crippen molar-refractivity contribution in [2.24, 2.45) is 12.8 Å². The Morgan fingerprint density at radius 3 is 2.50 bits per heavy atom. The molecular formula is C12H20N4OS. The molecule has 0 aliphatic rings. The largest absolute Gasteiger partial charge is 0.392 e. The quantitative estimate of drug-likeness (QED) is 0.814. The predicted octanol–water partition coefficient (Wildman–Crippen LogP) is 1.18. The van der Waals surface area contributed by atoms with E-state index >= 15 is 0 Å². The van der Waals surface area contributed by atoms with Crippen LogP contribution in [-0.2, 0) is 7.05 Å². The lowest BCUT2D eigenvalue weighted by Crippen LogP contribution is -2.38. The van der Waals surface area contributed by atoms with Crippen LogP contribution in [0.1, 0.15) is 35.1 Å². The maximum atomic E-state index is 12.5. The lowest BCUT2D eigenvalue weighted by molar-refractivity contribution is 0.0778. The Morgan fingerprint density at radius 2 is 2.11 bits per heavy atom. The number of hydrogen-bond acceptors (Lipinski definition) is 3. The summed E-state index contributed by atoms with van der Waals surface area (Å²) in [5.74, 6) is -0.0484. The van der Waals surface area contributed by atoms with E-state index in [-0.39, 0.29) is 5.91 Å². The lowest BCUT2D eigenvalue weighted by atomic mass is 10.1. The summed E-state index contributed by atoms with van der Waals surface area (Å²) in [6.07, 6.45) is 0.868. The number of nitrogens with two attached hydrogens (primary N) is 1. The van der Waals surface area contributed by atoms with Gasteiger partial charge in [0.15, 0.2) is 0 Å². The summed E-state index contributed by atoms with van der Waals surface area (Å²) in [6, 6.07) is 0. The number of amides is 1. The van der Waals surface area contributed by atoms with Gasteiger partial charge >= 0.3 is 0 Å². The van der Waals surface area contributed by atoms with Gasteiger partial charge in [0, 0.05) is 19.3 Å². The molecule has 0 aliphatic carbocycles. The number of aromatic nitrogens is 2. The molecule has 0 aromatic carbocycles. The zero-order valence-electron chi connectivity index (χ0n) is 11.4. The molecule has 100 valence electrons. The Bertz CT molecular complexity index is 467. The van der Waals surface area contributed by atoms with Crippen LogP contribution in [0.5, 0.6) is 0 Å². The van der Waals surface area contributed by atoms with Gasteiger partial charge in [-0.15, -0.1) is 0 Å². The van der Waals surface area contributed by atoms with Gasteiger partial charge in [-0.25, -0.2) is 0 Å². The summed E-state index contributed by atoms with van der Waals surface area (Å²) in [5.41, 5.74) is 7.79. The van der Waals surface area contributed by atoms with Gasteiger partial charge in [-0.3, -0.25) is 9.48 Å². The maximum Gasteiger partial charge on any atom is 0.257 e. The molecule has 0 fully saturated rings. The van der Waals surface area contributed by atoms with Crippen molar-refractivity contribution in [3.05, 3.63) is 17.0 Å². The van der Waals surface area contributed by atoms with E-state index in [1.54, 1.807) is 9.58 Å². The fourth-order valence-electron chi connectivity index (χ4n) is 1.95. The minimum absolute atomic E-state index is 0.0484. The molecule has 18 heavy (non-hydrogen) atoms. The maximum absolute atomic E-state index is 12.5. The molecule has 2 N–H and O–H groups in total. The molecule has 6 heteroatoms. The minimum Gasteiger partial charge on any atom is -0.392 e. The summed E-state index contributed by atoms with van der Waals surface area (Å²) in [7, 11) is 1.83. The van der Waals surface area contributed by atoms with Crippen LogP contribution in [0.4, 0.5) is 0 Å². The smallest absolute Gasteiger partial charge is 0.257 e. The number of aryl methyl sites for hydroxylation is 2. The Morgan fingerprint density at radius 1 is 1.50 bits per heavy atom. The highest BCUT2D eigenvalue weighted by Crippen LogP contribution is 2.15. The second-order valence-corrected chi connectivity index (χ2v) is 4.89. The number of thiocarbonyl (C=S) groups is 1. The van der Waals surface area contributed by atoms with Gasteiger partial charge in [-0.2, -0.15) is 5.10 Å². The van der Waals surface area contributed by atoms with Gasteiger partial charge < -0.3 is 10.6 Å². The first kappa shape index (κ1) is 14.6. The third-order valence-corrected chi connectivity index (χ3v) is 2.98. The average molecular weight is 268 g/mol. The van der Waals surface area contributed by atoms with E-state index in [0.29, 0.717) is 23.6 Å². The van der Waals surface area contributed by atoms with Crippen molar-refractivity contribution in [3.63, 3.8) is 0 Å². The molecular weight excluding hydrogens is 248 g/mol. The summed E-state index contributed by atoms with van der Waals surface area (Å²) < 4.78 is 1.72. The molecule has 1 amide bonds. The van der Waals surface area contributed by atoms with Crippen LogP contribution in [0.3, 0.4) is 0 Å². The highest BCUT2D eigenvalue weighted by atomic mass is 32.1. The van der Waals surface area contributed by atoms with E-state index in [2.05, 4.69) is 5.10 Å². The van der Waals surface area contributed by atoms with Crippen molar-refractivity contribution in [2.45, 2.75) is 27.2 Å². The van der Waals surface area contributed by atoms with E-state index in [1.165, 1.54) is 0 Å². The van der Waals surface area contributed by atoms with Gasteiger partial charge in [0.05, 0.1) is 22.8 Å². The average Bonchev–Trinajstić information content (AvgIpc) is 2.51. The molecule has 0 saturated heterocycles. The van der Waals surface area contributed by atoms with Crippen molar-refractivity contribution in [2.75, 3.05) is 13.1 Å². The third kappa shape index (κ3) is 3.07. The summed E-state index contributed by atoms with van der Waals surface area (Å²) in [6.45, 7) is 6.70. The SMILES string of the molecule is CCCN(CC(N)=S)C(=O)c1c(C)nn(C)c1C. The van der Waals surface area contributed by atoms with Gasteiger partial charge in [-0.05, 0) is 20.3 Å². The van der Waals surface area contributed by atoms with E-state index in [9.17, 15) is 4.79 Å². The van der Waals surface area contributed by atoms with Crippen molar-refractivity contribution >= 4 is 23.1 Å². The zero-order valence-corrected chi connectivity index (χ0v) is 12.2. The Labute approximate surface area is 113 Å². The second kappa shape index (κ2) is 5.95. The second-order valence-electron chi connectivity index (χ2n) is 4.36. The molecule has 0 atom stereocenters. The molecule has 1 aromatic heterocycles. The van der Waals surface area contributed by atoms with Gasteiger partial charge in [0.25, 0.3) is 5.91 Å². The molecule has 1 rings (SSSR count). The van der Waals surface area contributed by atoms with Crippen LogP contribution in [0.25, 0.3) is 0 Å². The van der Waals surface area contributed by atoms with Gasteiger partial charge in [0.2, 0.25) is 0 Å². The van der Waals surface area contributed by atoms with E-state index in [4.69, 9.17) is 18.0 Å². The van der Waals surface area contributed by atoms with E-state index in [0.717, 1.165) is 17.8 Å². The standard InChI is InChI=1S/C12H20N4OS/c1-5-6-16(7-10(13)18)12(17)11-8(2)14-15(4)9(11)3/h5-7H2,1-4H3,(H2,13,18). The Hall–Kier alpha value is -1.43. The molecule has 0 bridgehead atoms. The van der Waals surface area contributed by atoms with Crippen LogP contribution in [0, 0.1) is 13.8 Å². The van der Waals surface area contributed by atoms with Crippen molar-refractivity contribution in [3.8, 4) is 0 Å². The molecule has 1 aromatic rings. The number of rotatable bonds is 5. The number of nitrogens with zero attached hydrogens (tertiary/aromatic N) is 3. The normalized spacial score (nSPS) is 10.4. The van der Waals surface area contributed by atoms with Crippen LogP contribution in [0.15, 0.2) is 0 Å². The van der Waals surface area contributed by atoms with Crippen molar-refractivity contribution in [1.82, 2.24) is 14.7 Å². The number of carbonyl (C=O) groups is 1. The third-order valence-electron chi connectivity index (χ3n) is 2.85. The summed E-state index contributed by atoms with van der Waals surface area (Å²) >= 11 is 4.89. The summed E-state index contributed by atoms with van der Waals surface area (Å²) in [5, 5.41) is 4.26. The summed E-state index contributed by atoms with van der Waals surface area (Å²) in [4.78, 5) is 14.5. The highest BCUT2D eigenvalue weighted by Gasteiger charge is 2.22. The van der Waals surface area contributed by atoms with Gasteiger partial charge in [-0.1, -0.05) is 19.1 Å². The van der Waals surface area contributed by atoms with Crippen molar-refractivity contribution in [1.29, 1.82) is 0 Å². The Kier molecular flexibility index (Phi) is 4.84. The molecule has 0 radical (unpaired) electrons. The van der Waals surface area contributed by atoms with Crippen LogP contribution in [0.2, 0.25) is 0 Å². The zero-order chi connectivity index (χ0) is 13.9. The van der Waals surface area contributed by atoms with Crippen molar-refractivity contribution < 1.29 is 4.79 Å². The molecule has 1 heterocycles. The number of carbonyl (C=O) groups excluding carboxylic acids is 1. The topological polar surface area (TPSA) is 64.2 Å². The predicted molar refractivity (Wildman–Crippen MR) is 75.7 cm³/mol. The molecule has 0 aliphatic heterocycles. The first-order valence-corrected chi connectivity index (χ1v) is 6.37. The monoisotopic (exact) mass is 268 g/mol. The van der Waals surface area contributed by atoms with E-state index in [1.807, 2.05) is 27.8 Å². The minimum atomic E-state index is -0.0484. The fourth-order valence-corrected chi connectivity index (χ4v) is 2.11. The van der Waals surface area contributed by atoms with Gasteiger partial charge in [0.1, 0.15) is 0 Å². The van der Waals surface area contributed by atoms with Crippen LogP contribution >= 0.6 is 12.2 Å². The van der Waals surface area contributed by atoms with E-state index < -0.39 is 0 Å². The number of hydrogen-bond donors (Lipinski definition) is 1. The highest BCUT2D eigenvalue weighted by molar-refractivity contribution is 7.80. The molecule has 0 spiro atoms. The molecule has 0 saturated carbocycles. The first-order valence-electron chi connectivity index (χ1n) is 5.96. The van der Waals surface area contributed by atoms with Crippen LogP contribution < -0.4 is 5.73 Å². The first-order chi connectivity index (χ1) is 8.38. The van der Waals surface area contributed by atoms with Crippen LogP contribution in [-0.4, -0.2) is 38.7 Å². The Balaban J connectivity index is 3.05. The fraction of sp³-hybridized carbons (Fsp3) is 0.583. The molecule has 0 unspecified atom stereocenters.